The summed E-state index contributed by atoms with van der Waals surface area (Å²) >= 11 is 0. The monoisotopic (exact) mass is 328 g/mol. The zero-order chi connectivity index (χ0) is 17.4. The van der Waals surface area contributed by atoms with Gasteiger partial charge in [-0.05, 0) is 38.1 Å². The molecule has 126 valence electrons. The highest BCUT2D eigenvalue weighted by Gasteiger charge is 2.24. The van der Waals surface area contributed by atoms with Crippen LogP contribution in [0.2, 0.25) is 0 Å². The molecular formula is C18H21FN4O. The maximum Gasteiger partial charge on any atom is 0.223 e. The number of halogens is 1. The van der Waals surface area contributed by atoms with E-state index in [2.05, 4.69) is 21.5 Å². The lowest BCUT2D eigenvalue weighted by atomic mass is 9.96. The summed E-state index contributed by atoms with van der Waals surface area (Å²) in [5, 5.41) is 14.8. The second-order valence-corrected chi connectivity index (χ2v) is 5.75. The van der Waals surface area contributed by atoms with E-state index in [1.54, 1.807) is 12.1 Å². The van der Waals surface area contributed by atoms with Gasteiger partial charge in [0.1, 0.15) is 17.4 Å². The molecule has 0 bridgehead atoms. The average Bonchev–Trinajstić information content (AvgIpc) is 2.59. The Hall–Kier alpha value is -2.57. The van der Waals surface area contributed by atoms with E-state index in [1.807, 2.05) is 6.07 Å². The number of nitrogens with one attached hydrogen (secondary N) is 2. The van der Waals surface area contributed by atoms with E-state index in [-0.39, 0.29) is 17.4 Å². The lowest BCUT2D eigenvalue weighted by Crippen LogP contribution is -2.41. The minimum atomic E-state index is -0.551. The van der Waals surface area contributed by atoms with Crippen molar-refractivity contribution in [2.75, 3.05) is 38.0 Å². The molecule has 0 aliphatic carbocycles. The molecule has 1 aromatic rings. The number of likely N-dealkylation sites (tertiary alicyclic amines) is 1. The van der Waals surface area contributed by atoms with Crippen molar-refractivity contribution in [3.05, 3.63) is 29.6 Å². The number of hydrogen-bond donors (Lipinski definition) is 2. The van der Waals surface area contributed by atoms with Crippen molar-refractivity contribution in [2.45, 2.75) is 12.8 Å². The van der Waals surface area contributed by atoms with E-state index in [4.69, 9.17) is 11.7 Å². The maximum absolute atomic E-state index is 13.5. The van der Waals surface area contributed by atoms with Crippen LogP contribution in [0.4, 0.5) is 10.1 Å². The first-order chi connectivity index (χ1) is 11.7. The molecule has 0 aromatic heterocycles. The summed E-state index contributed by atoms with van der Waals surface area (Å²) in [6.45, 7) is 3.17. The molecule has 1 fully saturated rings. The summed E-state index contributed by atoms with van der Waals surface area (Å²) in [5.74, 6) is 2.12. The highest BCUT2D eigenvalue weighted by atomic mass is 19.1. The third kappa shape index (κ3) is 4.71. The molecule has 0 unspecified atom stereocenters. The lowest BCUT2D eigenvalue weighted by molar-refractivity contribution is -0.126. The zero-order valence-electron chi connectivity index (χ0n) is 13.5. The number of nitriles is 1. The zero-order valence-corrected chi connectivity index (χ0v) is 13.5. The number of carbonyl (C=O) groups is 1. The van der Waals surface area contributed by atoms with Gasteiger partial charge in [0.05, 0.1) is 12.2 Å². The van der Waals surface area contributed by atoms with Crippen LogP contribution in [-0.4, -0.2) is 43.5 Å². The van der Waals surface area contributed by atoms with E-state index in [9.17, 15) is 9.18 Å². The van der Waals surface area contributed by atoms with Gasteiger partial charge in [-0.2, -0.15) is 5.26 Å². The quantitative estimate of drug-likeness (QED) is 0.614. The fourth-order valence-electron chi connectivity index (χ4n) is 2.79. The topological polar surface area (TPSA) is 68.2 Å². The van der Waals surface area contributed by atoms with Crippen molar-refractivity contribution in [3.63, 3.8) is 0 Å². The minimum absolute atomic E-state index is 0.00953. The molecular weight excluding hydrogens is 307 g/mol. The Morgan fingerprint density at radius 1 is 1.38 bits per heavy atom. The second-order valence-electron chi connectivity index (χ2n) is 5.75. The Morgan fingerprint density at radius 2 is 2.12 bits per heavy atom. The maximum atomic E-state index is 13.5. The molecule has 5 nitrogen and oxygen atoms in total. The predicted octanol–water partition coefficient (Wildman–Crippen LogP) is 1.57. The molecule has 1 heterocycles. The number of carbonyl (C=O) groups excluding carboxylic acids is 1. The Bertz CT molecular complexity index is 654. The third-order valence-electron chi connectivity index (χ3n) is 4.14. The van der Waals surface area contributed by atoms with E-state index >= 15 is 0 Å². The van der Waals surface area contributed by atoms with Gasteiger partial charge >= 0.3 is 0 Å². The number of anilines is 1. The van der Waals surface area contributed by atoms with Crippen LogP contribution in [0.3, 0.4) is 0 Å². The van der Waals surface area contributed by atoms with Crippen LogP contribution in [0.15, 0.2) is 18.2 Å². The van der Waals surface area contributed by atoms with Crippen molar-refractivity contribution >= 4 is 11.6 Å². The van der Waals surface area contributed by atoms with Crippen LogP contribution in [0.5, 0.6) is 0 Å². The molecule has 1 aliphatic heterocycles. The smallest absolute Gasteiger partial charge is 0.223 e. The highest BCUT2D eigenvalue weighted by molar-refractivity contribution is 5.78. The summed E-state index contributed by atoms with van der Waals surface area (Å²) in [4.78, 5) is 14.3. The van der Waals surface area contributed by atoms with Gasteiger partial charge in [-0.3, -0.25) is 9.69 Å². The second kappa shape index (κ2) is 8.90. The van der Waals surface area contributed by atoms with Crippen molar-refractivity contribution in [1.82, 2.24) is 10.2 Å². The van der Waals surface area contributed by atoms with Crippen LogP contribution in [0.25, 0.3) is 0 Å². The Labute approximate surface area is 141 Å². The Balaban J connectivity index is 1.72. The molecule has 24 heavy (non-hydrogen) atoms. The number of hydrogen-bond acceptors (Lipinski definition) is 4. The summed E-state index contributed by atoms with van der Waals surface area (Å²) in [5.41, 5.74) is 0.430. The van der Waals surface area contributed by atoms with Crippen molar-refractivity contribution in [2.24, 2.45) is 5.92 Å². The molecule has 0 atom stereocenters. The average molecular weight is 328 g/mol. The molecule has 6 heteroatoms. The number of amides is 1. The van der Waals surface area contributed by atoms with Crippen LogP contribution in [0, 0.1) is 35.4 Å². The predicted molar refractivity (Wildman–Crippen MR) is 90.6 cm³/mol. The van der Waals surface area contributed by atoms with Gasteiger partial charge in [0.15, 0.2) is 0 Å². The highest BCUT2D eigenvalue weighted by Crippen LogP contribution is 2.18. The first-order valence-electron chi connectivity index (χ1n) is 8.01. The van der Waals surface area contributed by atoms with Gasteiger partial charge in [-0.25, -0.2) is 4.39 Å². The van der Waals surface area contributed by atoms with E-state index in [0.717, 1.165) is 25.9 Å². The van der Waals surface area contributed by atoms with Crippen molar-refractivity contribution in [3.8, 4) is 18.4 Å². The fourth-order valence-corrected chi connectivity index (χ4v) is 2.79. The molecule has 0 saturated carbocycles. The minimum Gasteiger partial charge on any atom is -0.382 e. The molecule has 1 amide bonds. The van der Waals surface area contributed by atoms with Gasteiger partial charge < -0.3 is 10.6 Å². The fraction of sp³-hybridized carbons (Fsp3) is 0.444. The van der Waals surface area contributed by atoms with Crippen LogP contribution in [0.1, 0.15) is 18.4 Å². The van der Waals surface area contributed by atoms with E-state index in [1.165, 1.54) is 6.07 Å². The number of nitrogens with zero attached hydrogens (tertiary/aromatic N) is 2. The molecule has 0 radical (unpaired) electrons. The first-order valence-corrected chi connectivity index (χ1v) is 8.01. The number of piperidine rings is 1. The summed E-state index contributed by atoms with van der Waals surface area (Å²) in [7, 11) is 0. The van der Waals surface area contributed by atoms with Crippen molar-refractivity contribution in [1.29, 1.82) is 5.26 Å². The molecule has 1 aliphatic rings. The number of terminal acetylenes is 1. The SMILES string of the molecule is C#CCN1CCC(C(=O)NCCNc2cccc(F)c2C#N)CC1. The number of rotatable bonds is 6. The van der Waals surface area contributed by atoms with E-state index < -0.39 is 5.82 Å². The molecule has 2 N–H and O–H groups in total. The first kappa shape index (κ1) is 17.8. The number of benzene rings is 1. The van der Waals surface area contributed by atoms with Gasteiger partial charge in [-0.15, -0.1) is 6.42 Å². The normalized spacial score (nSPS) is 15.3. The van der Waals surface area contributed by atoms with Crippen LogP contribution in [-0.2, 0) is 4.79 Å². The summed E-state index contributed by atoms with van der Waals surface area (Å²) in [6, 6.07) is 6.27. The van der Waals surface area contributed by atoms with Crippen molar-refractivity contribution < 1.29 is 9.18 Å². The summed E-state index contributed by atoms with van der Waals surface area (Å²) in [6.07, 6.45) is 6.91. The summed E-state index contributed by atoms with van der Waals surface area (Å²) < 4.78 is 13.5. The van der Waals surface area contributed by atoms with Crippen LogP contribution >= 0.6 is 0 Å². The Morgan fingerprint density at radius 3 is 2.79 bits per heavy atom. The Kier molecular flexibility index (Phi) is 6.60. The molecule has 1 aromatic carbocycles. The van der Waals surface area contributed by atoms with Gasteiger partial charge in [0, 0.05) is 19.0 Å². The van der Waals surface area contributed by atoms with Gasteiger partial charge in [0.2, 0.25) is 5.91 Å². The molecule has 1 saturated heterocycles. The molecule has 0 spiro atoms. The van der Waals surface area contributed by atoms with Crippen LogP contribution < -0.4 is 10.6 Å². The van der Waals surface area contributed by atoms with Gasteiger partial charge in [0.25, 0.3) is 0 Å². The van der Waals surface area contributed by atoms with E-state index in [0.29, 0.717) is 25.3 Å². The standard InChI is InChI=1S/C18H21FN4O/c1-2-10-23-11-6-14(7-12-23)18(24)22-9-8-21-17-5-3-4-16(19)15(17)13-20/h1,3-5,14,21H,6-12H2,(H,22,24). The third-order valence-corrected chi connectivity index (χ3v) is 4.14. The molecule has 2 rings (SSSR count). The largest absolute Gasteiger partial charge is 0.382 e. The lowest BCUT2D eigenvalue weighted by Gasteiger charge is -2.29. The van der Waals surface area contributed by atoms with Gasteiger partial charge in [-0.1, -0.05) is 12.0 Å².